The van der Waals surface area contributed by atoms with E-state index in [1.54, 1.807) is 40.6 Å². The third kappa shape index (κ3) is 5.84. The van der Waals surface area contributed by atoms with Gasteiger partial charge in [-0.1, -0.05) is 18.2 Å². The standard InChI is InChI=1S/C27H29NO7/c1-27(2,20-10-12-21(13-11-20)28(29)30)35-23-15-18(9-14-22(23)31-3)7-8-19-16-24(32-4)26(34-6)25(17-19)33-5/h7-17H,1-6H3. The maximum atomic E-state index is 11.0. The second-order valence-corrected chi connectivity index (χ2v) is 8.12. The van der Waals surface area contributed by atoms with E-state index in [0.717, 1.165) is 16.7 Å². The molecule has 0 radical (unpaired) electrons. The second-order valence-electron chi connectivity index (χ2n) is 8.12. The first-order valence-electron chi connectivity index (χ1n) is 10.8. The summed E-state index contributed by atoms with van der Waals surface area (Å²) in [5.41, 5.74) is 1.81. The molecule has 0 aliphatic heterocycles. The number of benzene rings is 3. The summed E-state index contributed by atoms with van der Waals surface area (Å²) < 4.78 is 28.0. The van der Waals surface area contributed by atoms with Crippen molar-refractivity contribution in [2.24, 2.45) is 0 Å². The summed E-state index contributed by atoms with van der Waals surface area (Å²) >= 11 is 0. The average molecular weight is 480 g/mol. The lowest BCUT2D eigenvalue weighted by molar-refractivity contribution is -0.384. The summed E-state index contributed by atoms with van der Waals surface area (Å²) in [5.74, 6) is 2.78. The summed E-state index contributed by atoms with van der Waals surface area (Å²) in [7, 11) is 6.29. The Labute approximate surface area is 204 Å². The minimum Gasteiger partial charge on any atom is -0.493 e. The fourth-order valence-corrected chi connectivity index (χ4v) is 3.59. The lowest BCUT2D eigenvalue weighted by Gasteiger charge is -2.28. The van der Waals surface area contributed by atoms with Crippen LogP contribution in [0.15, 0.2) is 54.6 Å². The monoisotopic (exact) mass is 479 g/mol. The molecule has 0 spiro atoms. The fourth-order valence-electron chi connectivity index (χ4n) is 3.59. The second kappa shape index (κ2) is 10.8. The van der Waals surface area contributed by atoms with Gasteiger partial charge in [0.15, 0.2) is 23.0 Å². The van der Waals surface area contributed by atoms with Gasteiger partial charge in [-0.15, -0.1) is 0 Å². The Morgan fingerprint density at radius 2 is 1.26 bits per heavy atom. The Balaban J connectivity index is 1.90. The average Bonchev–Trinajstić information content (AvgIpc) is 2.86. The van der Waals surface area contributed by atoms with Crippen LogP contribution in [0.25, 0.3) is 12.2 Å². The minimum atomic E-state index is -0.762. The molecule has 0 aromatic heterocycles. The van der Waals surface area contributed by atoms with Crippen molar-refractivity contribution >= 4 is 17.8 Å². The molecule has 0 saturated carbocycles. The summed E-state index contributed by atoms with van der Waals surface area (Å²) in [6.07, 6.45) is 3.86. The van der Waals surface area contributed by atoms with Crippen LogP contribution >= 0.6 is 0 Å². The molecule has 35 heavy (non-hydrogen) atoms. The van der Waals surface area contributed by atoms with Gasteiger partial charge in [-0.05, 0) is 66.9 Å². The third-order valence-corrected chi connectivity index (χ3v) is 5.48. The first kappa shape index (κ1) is 25.4. The molecule has 0 N–H and O–H groups in total. The summed E-state index contributed by atoms with van der Waals surface area (Å²) in [6.45, 7) is 3.79. The van der Waals surface area contributed by atoms with Gasteiger partial charge in [0, 0.05) is 12.1 Å². The normalized spacial score (nSPS) is 11.3. The molecule has 3 aromatic carbocycles. The van der Waals surface area contributed by atoms with E-state index in [1.807, 2.05) is 56.3 Å². The molecule has 0 saturated heterocycles. The SMILES string of the molecule is COc1ccc(C=Cc2cc(OC)c(OC)c(OC)c2)cc1OC(C)(C)c1ccc([N+](=O)[O-])cc1. The molecule has 184 valence electrons. The quantitative estimate of drug-likeness (QED) is 0.197. The van der Waals surface area contributed by atoms with Gasteiger partial charge < -0.3 is 23.7 Å². The smallest absolute Gasteiger partial charge is 0.269 e. The molecule has 0 aliphatic rings. The molecule has 0 aliphatic carbocycles. The molecule has 0 unspecified atom stereocenters. The topological polar surface area (TPSA) is 89.3 Å². The van der Waals surface area contributed by atoms with Crippen molar-refractivity contribution in [3.05, 3.63) is 81.4 Å². The van der Waals surface area contributed by atoms with Gasteiger partial charge in [-0.25, -0.2) is 0 Å². The van der Waals surface area contributed by atoms with Gasteiger partial charge in [-0.2, -0.15) is 0 Å². The molecular formula is C27H29NO7. The van der Waals surface area contributed by atoms with Gasteiger partial charge in [0.05, 0.1) is 33.4 Å². The molecule has 0 atom stereocenters. The Hall–Kier alpha value is -4.20. The van der Waals surface area contributed by atoms with Crippen LogP contribution in [0, 0.1) is 10.1 Å². The van der Waals surface area contributed by atoms with Gasteiger partial charge in [0.1, 0.15) is 5.60 Å². The largest absolute Gasteiger partial charge is 0.493 e. The van der Waals surface area contributed by atoms with Gasteiger partial charge in [0.25, 0.3) is 5.69 Å². The zero-order valence-corrected chi connectivity index (χ0v) is 20.7. The predicted octanol–water partition coefficient (Wildman–Crippen LogP) is 6.11. The van der Waals surface area contributed by atoms with E-state index < -0.39 is 10.5 Å². The van der Waals surface area contributed by atoms with Crippen molar-refractivity contribution in [1.82, 2.24) is 0 Å². The highest BCUT2D eigenvalue weighted by Crippen LogP contribution is 2.39. The minimum absolute atomic E-state index is 0.0288. The van der Waals surface area contributed by atoms with Crippen molar-refractivity contribution in [2.45, 2.75) is 19.4 Å². The Bertz CT molecular complexity index is 1190. The Morgan fingerprint density at radius 3 is 1.77 bits per heavy atom. The van der Waals surface area contributed by atoms with Crippen LogP contribution in [-0.4, -0.2) is 33.4 Å². The number of ether oxygens (including phenoxy) is 5. The van der Waals surface area contributed by atoms with Crippen molar-refractivity contribution in [2.75, 3.05) is 28.4 Å². The van der Waals surface area contributed by atoms with Gasteiger partial charge in [0.2, 0.25) is 5.75 Å². The van der Waals surface area contributed by atoms with Crippen molar-refractivity contribution in [1.29, 1.82) is 0 Å². The van der Waals surface area contributed by atoms with Crippen LogP contribution in [-0.2, 0) is 5.60 Å². The summed E-state index contributed by atoms with van der Waals surface area (Å²) in [5, 5.41) is 11.0. The van der Waals surface area contributed by atoms with E-state index in [0.29, 0.717) is 28.7 Å². The molecule has 0 fully saturated rings. The molecule has 0 bridgehead atoms. The van der Waals surface area contributed by atoms with Crippen LogP contribution < -0.4 is 23.7 Å². The van der Waals surface area contributed by atoms with Crippen molar-refractivity contribution in [3.63, 3.8) is 0 Å². The lowest BCUT2D eigenvalue weighted by atomic mass is 9.97. The van der Waals surface area contributed by atoms with Crippen LogP contribution in [0.1, 0.15) is 30.5 Å². The summed E-state index contributed by atoms with van der Waals surface area (Å²) in [6, 6.07) is 15.7. The first-order chi connectivity index (χ1) is 16.7. The molecule has 3 aromatic rings. The maximum absolute atomic E-state index is 11.0. The molecule has 3 rings (SSSR count). The van der Waals surface area contributed by atoms with E-state index in [2.05, 4.69) is 0 Å². The molecular weight excluding hydrogens is 450 g/mol. The number of hydrogen-bond donors (Lipinski definition) is 0. The van der Waals surface area contributed by atoms with E-state index in [9.17, 15) is 10.1 Å². The number of methoxy groups -OCH3 is 4. The van der Waals surface area contributed by atoms with Crippen LogP contribution in [0.5, 0.6) is 28.7 Å². The van der Waals surface area contributed by atoms with E-state index in [-0.39, 0.29) is 5.69 Å². The van der Waals surface area contributed by atoms with Crippen LogP contribution in [0.4, 0.5) is 5.69 Å². The van der Waals surface area contributed by atoms with Crippen LogP contribution in [0.2, 0.25) is 0 Å². The van der Waals surface area contributed by atoms with Crippen molar-refractivity contribution < 1.29 is 28.6 Å². The fraction of sp³-hybridized carbons (Fsp3) is 0.259. The zero-order valence-electron chi connectivity index (χ0n) is 20.7. The highest BCUT2D eigenvalue weighted by molar-refractivity contribution is 5.73. The van der Waals surface area contributed by atoms with Crippen LogP contribution in [0.3, 0.4) is 0 Å². The summed E-state index contributed by atoms with van der Waals surface area (Å²) in [4.78, 5) is 10.5. The zero-order chi connectivity index (χ0) is 25.6. The third-order valence-electron chi connectivity index (χ3n) is 5.48. The number of rotatable bonds is 10. The predicted molar refractivity (Wildman–Crippen MR) is 135 cm³/mol. The van der Waals surface area contributed by atoms with Gasteiger partial charge in [-0.3, -0.25) is 10.1 Å². The van der Waals surface area contributed by atoms with E-state index in [4.69, 9.17) is 23.7 Å². The number of non-ortho nitro benzene ring substituents is 1. The number of nitrogens with zero attached hydrogens (tertiary/aromatic N) is 1. The lowest BCUT2D eigenvalue weighted by Crippen LogP contribution is -2.25. The van der Waals surface area contributed by atoms with E-state index >= 15 is 0 Å². The highest BCUT2D eigenvalue weighted by atomic mass is 16.6. The Morgan fingerprint density at radius 1 is 0.714 bits per heavy atom. The number of hydrogen-bond acceptors (Lipinski definition) is 7. The molecule has 0 amide bonds. The maximum Gasteiger partial charge on any atom is 0.269 e. The first-order valence-corrected chi connectivity index (χ1v) is 10.8. The molecule has 8 heteroatoms. The highest BCUT2D eigenvalue weighted by Gasteiger charge is 2.25. The van der Waals surface area contributed by atoms with Crippen molar-refractivity contribution in [3.8, 4) is 28.7 Å². The molecule has 0 heterocycles. The Kier molecular flexibility index (Phi) is 7.86. The molecule has 8 nitrogen and oxygen atoms in total. The number of nitro groups is 1. The van der Waals surface area contributed by atoms with Gasteiger partial charge >= 0.3 is 0 Å². The number of nitro benzene ring substituents is 1. The van der Waals surface area contributed by atoms with E-state index in [1.165, 1.54) is 12.1 Å².